The Hall–Kier alpha value is -5.30. The first-order chi connectivity index (χ1) is 20.7. The summed E-state index contributed by atoms with van der Waals surface area (Å²) in [7, 11) is -2.04. The molecule has 0 spiro atoms. The van der Waals surface area contributed by atoms with E-state index in [1.165, 1.54) is 24.5 Å². The van der Waals surface area contributed by atoms with E-state index in [1.54, 1.807) is 77.6 Å². The normalized spacial score (nSPS) is 15.0. The lowest BCUT2D eigenvalue weighted by molar-refractivity contribution is 0.0783. The molecule has 1 atom stereocenters. The van der Waals surface area contributed by atoms with E-state index in [-0.39, 0.29) is 34.1 Å². The van der Waals surface area contributed by atoms with Crippen LogP contribution in [0, 0.1) is 0 Å². The van der Waals surface area contributed by atoms with Gasteiger partial charge in [0, 0.05) is 60.8 Å². The minimum Gasteiger partial charge on any atom is -0.383 e. The van der Waals surface area contributed by atoms with Gasteiger partial charge in [0.1, 0.15) is 5.82 Å². The molecule has 218 valence electrons. The molecule has 12 nitrogen and oxygen atoms in total. The van der Waals surface area contributed by atoms with Gasteiger partial charge in [-0.05, 0) is 42.3 Å². The van der Waals surface area contributed by atoms with Crippen molar-refractivity contribution < 1.29 is 18.0 Å². The van der Waals surface area contributed by atoms with Crippen LogP contribution in [0.5, 0.6) is 0 Å². The highest BCUT2D eigenvalue weighted by molar-refractivity contribution is 7.89. The van der Waals surface area contributed by atoms with Gasteiger partial charge in [-0.25, -0.2) is 4.98 Å². The number of aromatic nitrogens is 5. The molecule has 1 fully saturated rings. The molecule has 3 N–H and O–H groups in total. The minimum atomic E-state index is -3.84. The molecule has 0 radical (unpaired) electrons. The number of carbonyl (C=O) groups is 2. The van der Waals surface area contributed by atoms with Gasteiger partial charge in [0.05, 0.1) is 29.0 Å². The lowest BCUT2D eigenvalue weighted by Crippen LogP contribution is -2.38. The van der Waals surface area contributed by atoms with Gasteiger partial charge < -0.3 is 16.0 Å². The second-order valence-corrected chi connectivity index (χ2v) is 12.1. The van der Waals surface area contributed by atoms with Crippen LogP contribution in [-0.4, -0.2) is 68.2 Å². The topological polar surface area (TPSA) is 158 Å². The standard InChI is InChI=1S/C30H28N8O4S/c1-36-17-23(15-33-36)22-13-27(28(31)32-14-22)29(39)35-25-10-11-37(19-25)30(40)21-7-5-6-20(12-21)24-16-34-38(18-24)43(41,42)26-8-3-2-4-9-26/h2-9,12-18,25H,10-11,19H2,1H3,(H2,31,32)(H,35,39)/t25-/m1/s1. The highest BCUT2D eigenvalue weighted by Gasteiger charge is 2.29. The Morgan fingerprint density at radius 3 is 2.44 bits per heavy atom. The molecule has 2 aromatic carbocycles. The van der Waals surface area contributed by atoms with Crippen LogP contribution >= 0.6 is 0 Å². The Morgan fingerprint density at radius 2 is 1.67 bits per heavy atom. The van der Waals surface area contributed by atoms with Crippen LogP contribution in [0.4, 0.5) is 5.82 Å². The number of nitrogen functional groups attached to an aromatic ring is 1. The average molecular weight is 597 g/mol. The fourth-order valence-electron chi connectivity index (χ4n) is 5.01. The third-order valence-electron chi connectivity index (χ3n) is 7.30. The predicted octanol–water partition coefficient (Wildman–Crippen LogP) is 2.81. The van der Waals surface area contributed by atoms with Gasteiger partial charge in [0.15, 0.2) is 0 Å². The Labute approximate surface area is 247 Å². The molecule has 1 aliphatic heterocycles. The first-order valence-corrected chi connectivity index (χ1v) is 14.9. The molecule has 0 aliphatic carbocycles. The molecule has 5 aromatic rings. The number of amides is 2. The predicted molar refractivity (Wildman–Crippen MR) is 159 cm³/mol. The number of pyridine rings is 1. The molecule has 2 amide bonds. The zero-order chi connectivity index (χ0) is 30.1. The van der Waals surface area contributed by atoms with Gasteiger partial charge in [-0.2, -0.15) is 22.7 Å². The molecule has 1 saturated heterocycles. The van der Waals surface area contributed by atoms with Gasteiger partial charge in [-0.3, -0.25) is 14.3 Å². The minimum absolute atomic E-state index is 0.118. The molecule has 3 aromatic heterocycles. The number of hydrogen-bond donors (Lipinski definition) is 2. The second-order valence-electron chi connectivity index (χ2n) is 10.3. The van der Waals surface area contributed by atoms with Crippen LogP contribution in [0.15, 0.2) is 96.5 Å². The number of carbonyl (C=O) groups excluding carboxylic acids is 2. The maximum atomic E-state index is 13.4. The molecule has 0 saturated carbocycles. The van der Waals surface area contributed by atoms with Crippen LogP contribution in [0.25, 0.3) is 22.3 Å². The monoisotopic (exact) mass is 596 g/mol. The van der Waals surface area contributed by atoms with Crippen molar-refractivity contribution in [2.45, 2.75) is 17.4 Å². The maximum Gasteiger partial charge on any atom is 0.282 e. The first-order valence-electron chi connectivity index (χ1n) is 13.5. The van der Waals surface area contributed by atoms with Crippen LogP contribution in [0.1, 0.15) is 27.1 Å². The smallest absolute Gasteiger partial charge is 0.282 e. The summed E-state index contributed by atoms with van der Waals surface area (Å²) in [6.45, 7) is 0.794. The summed E-state index contributed by atoms with van der Waals surface area (Å²) in [6, 6.07) is 16.4. The molecule has 13 heteroatoms. The molecule has 1 aliphatic rings. The zero-order valence-electron chi connectivity index (χ0n) is 23.2. The van der Waals surface area contributed by atoms with Gasteiger partial charge in [0.25, 0.3) is 21.8 Å². The zero-order valence-corrected chi connectivity index (χ0v) is 24.0. The van der Waals surface area contributed by atoms with Crippen molar-refractivity contribution in [2.75, 3.05) is 18.8 Å². The van der Waals surface area contributed by atoms with E-state index >= 15 is 0 Å². The molecule has 0 bridgehead atoms. The van der Waals surface area contributed by atoms with Gasteiger partial charge in [-0.15, -0.1) is 0 Å². The largest absolute Gasteiger partial charge is 0.383 e. The fraction of sp³-hybridized carbons (Fsp3) is 0.167. The van der Waals surface area contributed by atoms with Crippen molar-refractivity contribution in [1.82, 2.24) is 34.2 Å². The van der Waals surface area contributed by atoms with Crippen molar-refractivity contribution in [3.8, 4) is 22.3 Å². The highest BCUT2D eigenvalue weighted by Crippen LogP contribution is 2.25. The van der Waals surface area contributed by atoms with E-state index in [9.17, 15) is 18.0 Å². The third kappa shape index (κ3) is 5.62. The quantitative estimate of drug-likeness (QED) is 0.290. The lowest BCUT2D eigenvalue weighted by Gasteiger charge is -2.18. The molecule has 6 rings (SSSR count). The number of nitrogens with two attached hydrogens (primary N) is 1. The van der Waals surface area contributed by atoms with Gasteiger partial charge in [0.2, 0.25) is 0 Å². The van der Waals surface area contributed by atoms with E-state index in [1.807, 2.05) is 6.20 Å². The number of anilines is 1. The first kappa shape index (κ1) is 27.8. The van der Waals surface area contributed by atoms with Crippen LogP contribution < -0.4 is 11.1 Å². The van der Waals surface area contributed by atoms with Crippen LogP contribution in [0.3, 0.4) is 0 Å². The summed E-state index contributed by atoms with van der Waals surface area (Å²) in [5.41, 5.74) is 9.47. The number of hydrogen-bond acceptors (Lipinski definition) is 8. The number of nitrogens with zero attached hydrogens (tertiary/aromatic N) is 6. The van der Waals surface area contributed by atoms with E-state index in [4.69, 9.17) is 5.73 Å². The van der Waals surface area contributed by atoms with E-state index in [0.29, 0.717) is 36.2 Å². The number of benzene rings is 2. The van der Waals surface area contributed by atoms with Crippen molar-refractivity contribution in [3.05, 3.63) is 103 Å². The van der Waals surface area contributed by atoms with Crippen molar-refractivity contribution in [2.24, 2.45) is 7.05 Å². The van der Waals surface area contributed by atoms with E-state index in [2.05, 4.69) is 20.5 Å². The number of aryl methyl sites for hydroxylation is 1. The Kier molecular flexibility index (Phi) is 7.24. The number of nitrogens with one attached hydrogen (secondary N) is 1. The molecule has 43 heavy (non-hydrogen) atoms. The molecule has 0 unspecified atom stereocenters. The molecular weight excluding hydrogens is 568 g/mol. The summed E-state index contributed by atoms with van der Waals surface area (Å²) >= 11 is 0. The van der Waals surface area contributed by atoms with E-state index in [0.717, 1.165) is 15.2 Å². The number of rotatable bonds is 7. The Morgan fingerprint density at radius 1 is 0.907 bits per heavy atom. The van der Waals surface area contributed by atoms with Crippen molar-refractivity contribution in [3.63, 3.8) is 0 Å². The highest BCUT2D eigenvalue weighted by atomic mass is 32.2. The lowest BCUT2D eigenvalue weighted by atomic mass is 10.1. The third-order valence-corrected chi connectivity index (χ3v) is 8.86. The van der Waals surface area contributed by atoms with Gasteiger partial charge in [-0.1, -0.05) is 30.3 Å². The molecule has 4 heterocycles. The summed E-state index contributed by atoms with van der Waals surface area (Å²) < 4.78 is 28.4. The Bertz CT molecular complexity index is 1930. The number of likely N-dealkylation sites (tertiary alicyclic amines) is 1. The van der Waals surface area contributed by atoms with Crippen molar-refractivity contribution >= 4 is 27.7 Å². The fourth-order valence-corrected chi connectivity index (χ4v) is 6.15. The van der Waals surface area contributed by atoms with Crippen LogP contribution in [0.2, 0.25) is 0 Å². The second kappa shape index (κ2) is 11.2. The summed E-state index contributed by atoms with van der Waals surface area (Å²) in [5, 5.41) is 11.2. The summed E-state index contributed by atoms with van der Waals surface area (Å²) in [5.74, 6) is -0.435. The van der Waals surface area contributed by atoms with Gasteiger partial charge >= 0.3 is 0 Å². The van der Waals surface area contributed by atoms with Crippen LogP contribution in [-0.2, 0) is 17.1 Å². The maximum absolute atomic E-state index is 13.4. The van der Waals surface area contributed by atoms with E-state index < -0.39 is 10.0 Å². The Balaban J connectivity index is 1.13. The summed E-state index contributed by atoms with van der Waals surface area (Å²) in [6.07, 6.45) is 8.57. The summed E-state index contributed by atoms with van der Waals surface area (Å²) in [4.78, 5) is 32.5. The SMILES string of the molecule is Cn1cc(-c2cnc(N)c(C(=O)N[C@@H]3CCN(C(=O)c4cccc(-c5cnn(S(=O)(=O)c6ccccc6)c5)c4)C3)c2)cn1. The average Bonchev–Trinajstić information content (AvgIpc) is 3.79. The van der Waals surface area contributed by atoms with Crippen molar-refractivity contribution in [1.29, 1.82) is 0 Å². The molecular formula is C30H28N8O4S.